The van der Waals surface area contributed by atoms with Gasteiger partial charge in [0.25, 0.3) is 0 Å². The molecule has 1 aromatic carbocycles. The third-order valence-corrected chi connectivity index (χ3v) is 2.95. The van der Waals surface area contributed by atoms with Gasteiger partial charge in [0.2, 0.25) is 0 Å². The molecule has 1 rings (SSSR count). The van der Waals surface area contributed by atoms with Crippen LogP contribution in [0.15, 0.2) is 24.3 Å². The first-order valence-electron chi connectivity index (χ1n) is 4.58. The van der Waals surface area contributed by atoms with Crippen LogP contribution in [0.2, 0.25) is 0 Å². The van der Waals surface area contributed by atoms with Gasteiger partial charge in [-0.25, -0.2) is 4.39 Å². The summed E-state index contributed by atoms with van der Waals surface area (Å²) in [5, 5.41) is 0. The van der Waals surface area contributed by atoms with Gasteiger partial charge in [-0.3, -0.25) is 11.3 Å². The Bertz CT molecular complexity index is 281. The molecule has 3 N–H and O–H groups in total. The van der Waals surface area contributed by atoms with Crippen molar-refractivity contribution in [2.45, 2.75) is 13.0 Å². The Labute approximate surface area is 88.0 Å². The van der Waals surface area contributed by atoms with Crippen molar-refractivity contribution in [1.82, 2.24) is 5.43 Å². The summed E-state index contributed by atoms with van der Waals surface area (Å²) in [6.07, 6.45) is 0. The molecule has 0 heterocycles. The van der Waals surface area contributed by atoms with Crippen molar-refractivity contribution in [2.75, 3.05) is 11.5 Å². The summed E-state index contributed by atoms with van der Waals surface area (Å²) in [6, 6.07) is 6.60. The normalized spacial score (nSPS) is 12.8. The zero-order valence-corrected chi connectivity index (χ0v) is 8.98. The first-order chi connectivity index (χ1) is 6.79. The summed E-state index contributed by atoms with van der Waals surface area (Å²) >= 11 is 1.74. The number of nitrogens with one attached hydrogen (secondary N) is 1. The van der Waals surface area contributed by atoms with Crippen LogP contribution < -0.4 is 11.3 Å². The average Bonchev–Trinajstić information content (AvgIpc) is 2.21. The molecule has 14 heavy (non-hydrogen) atoms. The second-order valence-corrected chi connectivity index (χ2v) is 4.22. The standard InChI is InChI=1S/C10H15FN2S/c1-2-14-7-10(13-12)8-5-3-4-6-9(8)11/h3-6,10,13H,2,7,12H2,1H3. The lowest BCUT2D eigenvalue weighted by atomic mass is 10.1. The molecule has 0 aliphatic rings. The highest BCUT2D eigenvalue weighted by molar-refractivity contribution is 7.99. The molecule has 0 saturated heterocycles. The van der Waals surface area contributed by atoms with Crippen molar-refractivity contribution < 1.29 is 4.39 Å². The number of benzene rings is 1. The molecular weight excluding hydrogens is 199 g/mol. The molecule has 0 aliphatic heterocycles. The van der Waals surface area contributed by atoms with Crippen molar-refractivity contribution in [3.05, 3.63) is 35.6 Å². The average molecular weight is 214 g/mol. The van der Waals surface area contributed by atoms with Crippen molar-refractivity contribution in [1.29, 1.82) is 0 Å². The Balaban J connectivity index is 2.73. The van der Waals surface area contributed by atoms with Crippen LogP contribution in [0.5, 0.6) is 0 Å². The molecular formula is C10H15FN2S. The Morgan fingerprint density at radius 2 is 2.21 bits per heavy atom. The number of hydrazine groups is 1. The number of thioether (sulfide) groups is 1. The number of halogens is 1. The molecule has 0 spiro atoms. The van der Waals surface area contributed by atoms with Crippen molar-refractivity contribution in [3.63, 3.8) is 0 Å². The highest BCUT2D eigenvalue weighted by atomic mass is 32.2. The Morgan fingerprint density at radius 1 is 1.50 bits per heavy atom. The zero-order chi connectivity index (χ0) is 10.4. The largest absolute Gasteiger partial charge is 0.271 e. The van der Waals surface area contributed by atoms with Crippen LogP contribution in [0.4, 0.5) is 4.39 Å². The van der Waals surface area contributed by atoms with E-state index < -0.39 is 0 Å². The van der Waals surface area contributed by atoms with Crippen LogP contribution in [-0.2, 0) is 0 Å². The van der Waals surface area contributed by atoms with E-state index in [4.69, 9.17) is 5.84 Å². The minimum Gasteiger partial charge on any atom is -0.271 e. The maximum Gasteiger partial charge on any atom is 0.128 e. The first-order valence-corrected chi connectivity index (χ1v) is 5.73. The predicted molar refractivity (Wildman–Crippen MR) is 59.5 cm³/mol. The van der Waals surface area contributed by atoms with Crippen LogP contribution in [-0.4, -0.2) is 11.5 Å². The van der Waals surface area contributed by atoms with Gasteiger partial charge >= 0.3 is 0 Å². The molecule has 0 fully saturated rings. The molecule has 0 radical (unpaired) electrons. The molecule has 0 aliphatic carbocycles. The van der Waals surface area contributed by atoms with Crippen molar-refractivity contribution in [3.8, 4) is 0 Å². The smallest absolute Gasteiger partial charge is 0.128 e. The number of hydrogen-bond acceptors (Lipinski definition) is 3. The second kappa shape index (κ2) is 6.01. The maximum atomic E-state index is 13.3. The topological polar surface area (TPSA) is 38.0 Å². The Kier molecular flexibility index (Phi) is 4.93. The van der Waals surface area contributed by atoms with E-state index in [9.17, 15) is 4.39 Å². The summed E-state index contributed by atoms with van der Waals surface area (Å²) in [7, 11) is 0. The van der Waals surface area contributed by atoms with Crippen molar-refractivity contribution >= 4 is 11.8 Å². The Morgan fingerprint density at radius 3 is 2.79 bits per heavy atom. The van der Waals surface area contributed by atoms with Crippen LogP contribution in [0.3, 0.4) is 0 Å². The van der Waals surface area contributed by atoms with Gasteiger partial charge in [0.15, 0.2) is 0 Å². The van der Waals surface area contributed by atoms with Crippen LogP contribution in [0.25, 0.3) is 0 Å². The van der Waals surface area contributed by atoms with Crippen LogP contribution >= 0.6 is 11.8 Å². The lowest BCUT2D eigenvalue weighted by Gasteiger charge is -2.15. The molecule has 0 aromatic heterocycles. The molecule has 1 atom stereocenters. The molecule has 0 amide bonds. The maximum absolute atomic E-state index is 13.3. The van der Waals surface area contributed by atoms with Crippen molar-refractivity contribution in [2.24, 2.45) is 5.84 Å². The second-order valence-electron chi connectivity index (χ2n) is 2.90. The predicted octanol–water partition coefficient (Wildman–Crippen LogP) is 2.08. The minimum atomic E-state index is -0.202. The summed E-state index contributed by atoms with van der Waals surface area (Å²) in [5.41, 5.74) is 3.27. The van der Waals surface area contributed by atoms with E-state index >= 15 is 0 Å². The van der Waals surface area contributed by atoms with Gasteiger partial charge < -0.3 is 0 Å². The van der Waals surface area contributed by atoms with Crippen LogP contribution in [0.1, 0.15) is 18.5 Å². The first kappa shape index (κ1) is 11.5. The molecule has 2 nitrogen and oxygen atoms in total. The summed E-state index contributed by atoms with van der Waals surface area (Å²) < 4.78 is 13.3. The molecule has 0 saturated carbocycles. The Hall–Kier alpha value is -0.580. The SMILES string of the molecule is CCSCC(NN)c1ccccc1F. The summed E-state index contributed by atoms with van der Waals surface area (Å²) in [5.74, 6) is 6.97. The van der Waals surface area contributed by atoms with Gasteiger partial charge in [0, 0.05) is 11.3 Å². The quantitative estimate of drug-likeness (QED) is 0.582. The minimum absolute atomic E-state index is 0.110. The number of rotatable bonds is 5. The van der Waals surface area contributed by atoms with E-state index in [1.165, 1.54) is 6.07 Å². The summed E-state index contributed by atoms with van der Waals surface area (Å²) in [6.45, 7) is 2.07. The fraction of sp³-hybridized carbons (Fsp3) is 0.400. The van der Waals surface area contributed by atoms with E-state index in [1.807, 2.05) is 6.07 Å². The van der Waals surface area contributed by atoms with Gasteiger partial charge in [-0.15, -0.1) is 0 Å². The molecule has 78 valence electrons. The molecule has 0 bridgehead atoms. The van der Waals surface area contributed by atoms with Gasteiger partial charge in [-0.2, -0.15) is 11.8 Å². The molecule has 1 unspecified atom stereocenters. The molecule has 4 heteroatoms. The molecule has 1 aromatic rings. The van der Waals surface area contributed by atoms with E-state index in [0.717, 1.165) is 11.5 Å². The van der Waals surface area contributed by atoms with E-state index in [0.29, 0.717) is 5.56 Å². The van der Waals surface area contributed by atoms with E-state index in [2.05, 4.69) is 12.3 Å². The third kappa shape index (κ3) is 2.97. The van der Waals surface area contributed by atoms with Gasteiger partial charge in [-0.05, 0) is 11.8 Å². The van der Waals surface area contributed by atoms with Gasteiger partial charge in [-0.1, -0.05) is 25.1 Å². The summed E-state index contributed by atoms with van der Waals surface area (Å²) in [4.78, 5) is 0. The number of hydrogen-bond donors (Lipinski definition) is 2. The third-order valence-electron chi connectivity index (χ3n) is 1.97. The monoisotopic (exact) mass is 214 g/mol. The zero-order valence-electron chi connectivity index (χ0n) is 8.16. The highest BCUT2D eigenvalue weighted by Crippen LogP contribution is 2.19. The fourth-order valence-corrected chi connectivity index (χ4v) is 1.97. The lowest BCUT2D eigenvalue weighted by molar-refractivity contribution is 0.546. The van der Waals surface area contributed by atoms with E-state index in [-0.39, 0.29) is 11.9 Å². The highest BCUT2D eigenvalue weighted by Gasteiger charge is 2.12. The fourth-order valence-electron chi connectivity index (χ4n) is 1.22. The van der Waals surface area contributed by atoms with E-state index in [1.54, 1.807) is 23.9 Å². The van der Waals surface area contributed by atoms with Gasteiger partial charge in [0.05, 0.1) is 6.04 Å². The van der Waals surface area contributed by atoms with Crippen LogP contribution in [0, 0.1) is 5.82 Å². The lowest BCUT2D eigenvalue weighted by Crippen LogP contribution is -2.30. The number of nitrogens with two attached hydrogens (primary N) is 1. The van der Waals surface area contributed by atoms with Gasteiger partial charge in [0.1, 0.15) is 5.82 Å².